The van der Waals surface area contributed by atoms with Crippen LogP contribution in [-0.4, -0.2) is 25.5 Å². The van der Waals surface area contributed by atoms with E-state index in [4.69, 9.17) is 0 Å². The maximum absolute atomic E-state index is 2.40. The van der Waals surface area contributed by atoms with Crippen LogP contribution in [0.4, 0.5) is 0 Å². The molecule has 43 heavy (non-hydrogen) atoms. The van der Waals surface area contributed by atoms with Gasteiger partial charge in [-0.15, -0.1) is 0 Å². The molecule has 0 aromatic rings. The highest BCUT2D eigenvalue weighted by atomic mass is 15.0. The Bertz CT molecular complexity index is 472. The fourth-order valence-electron chi connectivity index (χ4n) is 7.01. The molecule has 0 bridgehead atoms. The average molecular weight is 606 g/mol. The second kappa shape index (κ2) is 38.1. The van der Waals surface area contributed by atoms with Crippen LogP contribution in [0.3, 0.4) is 0 Å². The van der Waals surface area contributed by atoms with E-state index in [2.05, 4.69) is 32.8 Å². The molecule has 0 aliphatic rings. The summed E-state index contributed by atoms with van der Waals surface area (Å²) < 4.78 is 0. The lowest BCUT2D eigenvalue weighted by molar-refractivity contribution is 0.314. The van der Waals surface area contributed by atoms with Gasteiger partial charge in [-0.1, -0.05) is 239 Å². The van der Waals surface area contributed by atoms with E-state index in [0.717, 1.165) is 5.92 Å². The first-order valence-electron chi connectivity index (χ1n) is 20.8. The molecule has 0 saturated heterocycles. The van der Waals surface area contributed by atoms with Crippen LogP contribution in [-0.2, 0) is 0 Å². The minimum atomic E-state index is 0.977. The zero-order valence-electron chi connectivity index (χ0n) is 31.2. The maximum atomic E-state index is 2.40. The SMILES string of the molecule is CCCCCCCCCCCCCCCCCCCC(CCCCCCCCCCCCCCCCCC)CCN(C)C. The predicted molar refractivity (Wildman–Crippen MR) is 200 cm³/mol. The van der Waals surface area contributed by atoms with E-state index in [-0.39, 0.29) is 0 Å². The summed E-state index contributed by atoms with van der Waals surface area (Å²) in [6.07, 6.45) is 53.1. The molecule has 0 heterocycles. The van der Waals surface area contributed by atoms with Crippen LogP contribution in [0.2, 0.25) is 0 Å². The lowest BCUT2D eigenvalue weighted by Gasteiger charge is -2.19. The van der Waals surface area contributed by atoms with Gasteiger partial charge in [-0.3, -0.25) is 0 Å². The zero-order chi connectivity index (χ0) is 31.3. The standard InChI is InChI=1S/C42H87N/c1-5-7-9-11-13-15-17-19-21-23-25-27-29-31-33-35-37-39-42(40-41-43(3)4)38-36-34-32-30-28-26-24-22-20-18-16-14-12-10-8-6-2/h42H,5-41H2,1-4H3. The number of rotatable bonds is 38. The number of nitrogens with zero attached hydrogens (tertiary/aromatic N) is 1. The van der Waals surface area contributed by atoms with E-state index in [1.165, 1.54) is 238 Å². The molecule has 0 spiro atoms. The van der Waals surface area contributed by atoms with Crippen molar-refractivity contribution >= 4 is 0 Å². The Kier molecular flexibility index (Phi) is 38.1. The first-order chi connectivity index (χ1) is 21.2. The number of unbranched alkanes of at least 4 members (excludes halogenated alkanes) is 31. The molecule has 0 fully saturated rings. The smallest absolute Gasteiger partial charge is 0.00222 e. The van der Waals surface area contributed by atoms with Gasteiger partial charge in [0.15, 0.2) is 0 Å². The van der Waals surface area contributed by atoms with E-state index >= 15 is 0 Å². The van der Waals surface area contributed by atoms with Crippen LogP contribution >= 0.6 is 0 Å². The zero-order valence-corrected chi connectivity index (χ0v) is 31.2. The molecule has 0 rings (SSSR count). The normalized spacial score (nSPS) is 12.5. The largest absolute Gasteiger partial charge is 0.309 e. The molecule has 0 saturated carbocycles. The average Bonchev–Trinajstić information content (AvgIpc) is 3.00. The third kappa shape index (κ3) is 38.1. The monoisotopic (exact) mass is 606 g/mol. The molecule has 1 nitrogen and oxygen atoms in total. The predicted octanol–water partition coefficient (Wildman–Crippen LogP) is 15.2. The van der Waals surface area contributed by atoms with Crippen molar-refractivity contribution in [1.82, 2.24) is 4.90 Å². The summed E-state index contributed by atoms with van der Waals surface area (Å²) in [6.45, 7) is 5.90. The van der Waals surface area contributed by atoms with Gasteiger partial charge in [0, 0.05) is 0 Å². The molecule has 0 aromatic carbocycles. The van der Waals surface area contributed by atoms with Crippen LogP contribution in [0.5, 0.6) is 0 Å². The lowest BCUT2D eigenvalue weighted by Crippen LogP contribution is -2.17. The van der Waals surface area contributed by atoms with Gasteiger partial charge in [-0.2, -0.15) is 0 Å². The molecule has 0 radical (unpaired) electrons. The van der Waals surface area contributed by atoms with Crippen molar-refractivity contribution in [2.75, 3.05) is 20.6 Å². The van der Waals surface area contributed by atoms with Gasteiger partial charge in [0.1, 0.15) is 0 Å². The Morgan fingerprint density at radius 2 is 0.488 bits per heavy atom. The second-order valence-electron chi connectivity index (χ2n) is 15.0. The van der Waals surface area contributed by atoms with Crippen molar-refractivity contribution in [3.8, 4) is 0 Å². The third-order valence-electron chi connectivity index (χ3n) is 10.2. The van der Waals surface area contributed by atoms with Gasteiger partial charge in [0.25, 0.3) is 0 Å². The van der Waals surface area contributed by atoms with Crippen LogP contribution < -0.4 is 0 Å². The first kappa shape index (κ1) is 43.0. The Balaban J connectivity index is 3.53. The van der Waals surface area contributed by atoms with E-state index in [9.17, 15) is 0 Å². The Labute approximate surface area is 275 Å². The second-order valence-corrected chi connectivity index (χ2v) is 15.0. The van der Waals surface area contributed by atoms with Crippen LogP contribution in [0, 0.1) is 5.92 Å². The molecule has 260 valence electrons. The van der Waals surface area contributed by atoms with Gasteiger partial charge in [-0.05, 0) is 33.0 Å². The molecule has 0 N–H and O–H groups in total. The van der Waals surface area contributed by atoms with E-state index in [1.54, 1.807) is 0 Å². The summed E-state index contributed by atoms with van der Waals surface area (Å²) >= 11 is 0. The van der Waals surface area contributed by atoms with Crippen molar-refractivity contribution in [3.63, 3.8) is 0 Å². The number of hydrogen-bond donors (Lipinski definition) is 0. The molecule has 1 atom stereocenters. The van der Waals surface area contributed by atoms with Gasteiger partial charge >= 0.3 is 0 Å². The molecule has 0 aromatic heterocycles. The Morgan fingerprint density at radius 3 is 0.698 bits per heavy atom. The van der Waals surface area contributed by atoms with Gasteiger partial charge in [-0.25, -0.2) is 0 Å². The fraction of sp³-hybridized carbons (Fsp3) is 1.00. The fourth-order valence-corrected chi connectivity index (χ4v) is 7.01. The van der Waals surface area contributed by atoms with Crippen molar-refractivity contribution in [3.05, 3.63) is 0 Å². The summed E-state index contributed by atoms with van der Waals surface area (Å²) in [7, 11) is 4.50. The first-order valence-corrected chi connectivity index (χ1v) is 20.8. The van der Waals surface area contributed by atoms with Gasteiger partial charge in [0.2, 0.25) is 0 Å². The van der Waals surface area contributed by atoms with Crippen LogP contribution in [0.15, 0.2) is 0 Å². The van der Waals surface area contributed by atoms with E-state index < -0.39 is 0 Å². The van der Waals surface area contributed by atoms with Crippen molar-refractivity contribution in [1.29, 1.82) is 0 Å². The molecule has 1 unspecified atom stereocenters. The van der Waals surface area contributed by atoms with Gasteiger partial charge in [0.05, 0.1) is 0 Å². The van der Waals surface area contributed by atoms with Crippen LogP contribution in [0.25, 0.3) is 0 Å². The highest BCUT2D eigenvalue weighted by Crippen LogP contribution is 2.23. The molecule has 1 heteroatoms. The highest BCUT2D eigenvalue weighted by Gasteiger charge is 2.09. The van der Waals surface area contributed by atoms with E-state index in [1.807, 2.05) is 0 Å². The quantitative estimate of drug-likeness (QED) is 0.0633. The van der Waals surface area contributed by atoms with Gasteiger partial charge < -0.3 is 4.90 Å². The molecule has 0 aliphatic carbocycles. The molecule has 0 aliphatic heterocycles. The van der Waals surface area contributed by atoms with Crippen molar-refractivity contribution in [2.45, 2.75) is 245 Å². The summed E-state index contributed by atoms with van der Waals surface area (Å²) in [6, 6.07) is 0. The summed E-state index contributed by atoms with van der Waals surface area (Å²) in [5.41, 5.74) is 0. The molecular weight excluding hydrogens is 518 g/mol. The third-order valence-corrected chi connectivity index (χ3v) is 10.2. The topological polar surface area (TPSA) is 3.24 Å². The Hall–Kier alpha value is -0.0400. The minimum Gasteiger partial charge on any atom is -0.309 e. The highest BCUT2D eigenvalue weighted by molar-refractivity contribution is 4.63. The van der Waals surface area contributed by atoms with Crippen molar-refractivity contribution in [2.24, 2.45) is 5.92 Å². The maximum Gasteiger partial charge on any atom is -0.00222 e. The Morgan fingerprint density at radius 1 is 0.279 bits per heavy atom. The van der Waals surface area contributed by atoms with E-state index in [0.29, 0.717) is 0 Å². The minimum absolute atomic E-state index is 0.977. The summed E-state index contributed by atoms with van der Waals surface area (Å²) in [5, 5.41) is 0. The summed E-state index contributed by atoms with van der Waals surface area (Å²) in [5.74, 6) is 0.977. The van der Waals surface area contributed by atoms with Crippen molar-refractivity contribution < 1.29 is 0 Å². The number of hydrogen-bond acceptors (Lipinski definition) is 1. The summed E-state index contributed by atoms with van der Waals surface area (Å²) in [4.78, 5) is 2.40. The molecule has 0 amide bonds. The molecular formula is C42H87N. The lowest BCUT2D eigenvalue weighted by atomic mass is 9.91. The van der Waals surface area contributed by atoms with Crippen LogP contribution in [0.1, 0.15) is 245 Å².